The third kappa shape index (κ3) is 6.48. The molecule has 6 heteroatoms. The molecule has 0 spiro atoms. The van der Waals surface area contributed by atoms with Crippen molar-refractivity contribution in [1.82, 2.24) is 10.2 Å². The number of amides is 2. The maximum atomic E-state index is 13.3. The van der Waals surface area contributed by atoms with E-state index in [1.165, 1.54) is 0 Å². The van der Waals surface area contributed by atoms with Crippen LogP contribution in [0.1, 0.15) is 33.3 Å². The van der Waals surface area contributed by atoms with Crippen LogP contribution >= 0.6 is 0 Å². The minimum Gasteiger partial charge on any atom is -0.497 e. The van der Waals surface area contributed by atoms with Gasteiger partial charge in [0, 0.05) is 17.5 Å². The third-order valence-electron chi connectivity index (χ3n) is 5.25. The Morgan fingerprint density at radius 3 is 2.42 bits per heavy atom. The summed E-state index contributed by atoms with van der Waals surface area (Å²) in [6.07, 6.45) is 0. The first-order chi connectivity index (χ1) is 15.7. The van der Waals surface area contributed by atoms with E-state index in [-0.39, 0.29) is 25.0 Å². The fraction of sp³-hybridized carbons (Fsp3) is 0.333. The van der Waals surface area contributed by atoms with Crippen LogP contribution in [0.25, 0.3) is 10.8 Å². The number of fused-ring (bicyclic) bond motifs is 1. The molecule has 0 bridgehead atoms. The average molecular weight is 449 g/mol. The van der Waals surface area contributed by atoms with E-state index >= 15 is 0 Å². The molecule has 3 aromatic carbocycles. The normalized spacial score (nSPS) is 12.2. The Labute approximate surface area is 195 Å². The van der Waals surface area contributed by atoms with Gasteiger partial charge in [0.05, 0.1) is 7.11 Å². The Balaban J connectivity index is 1.82. The van der Waals surface area contributed by atoms with Crippen LogP contribution in [0.5, 0.6) is 11.5 Å². The van der Waals surface area contributed by atoms with Gasteiger partial charge in [-0.2, -0.15) is 0 Å². The lowest BCUT2D eigenvalue weighted by Crippen LogP contribution is -2.53. The van der Waals surface area contributed by atoms with Crippen LogP contribution in [0.3, 0.4) is 0 Å². The summed E-state index contributed by atoms with van der Waals surface area (Å²) in [5.74, 6) is 0.833. The van der Waals surface area contributed by atoms with E-state index in [0.717, 1.165) is 16.3 Å². The quantitative estimate of drug-likeness (QED) is 0.549. The third-order valence-corrected chi connectivity index (χ3v) is 5.25. The summed E-state index contributed by atoms with van der Waals surface area (Å²) in [5, 5.41) is 4.93. The highest BCUT2D eigenvalue weighted by atomic mass is 16.5. The Morgan fingerprint density at radius 1 is 1.00 bits per heavy atom. The molecule has 0 aliphatic carbocycles. The van der Waals surface area contributed by atoms with E-state index < -0.39 is 11.6 Å². The lowest BCUT2D eigenvalue weighted by atomic mass is 10.1. The number of carbonyl (C=O) groups is 2. The minimum absolute atomic E-state index is 0.175. The van der Waals surface area contributed by atoms with Crippen molar-refractivity contribution >= 4 is 22.6 Å². The van der Waals surface area contributed by atoms with Gasteiger partial charge in [0.2, 0.25) is 5.91 Å². The molecule has 1 N–H and O–H groups in total. The molecule has 3 aromatic rings. The highest BCUT2D eigenvalue weighted by molar-refractivity contribution is 5.90. The van der Waals surface area contributed by atoms with Gasteiger partial charge < -0.3 is 19.7 Å². The molecule has 0 aliphatic rings. The molecule has 3 rings (SSSR count). The average Bonchev–Trinajstić information content (AvgIpc) is 2.79. The Morgan fingerprint density at radius 2 is 1.70 bits per heavy atom. The van der Waals surface area contributed by atoms with Crippen molar-refractivity contribution in [1.29, 1.82) is 0 Å². The molecule has 1 atom stereocenters. The van der Waals surface area contributed by atoms with E-state index in [0.29, 0.717) is 11.5 Å². The number of hydrogen-bond donors (Lipinski definition) is 1. The fourth-order valence-corrected chi connectivity index (χ4v) is 3.57. The largest absolute Gasteiger partial charge is 0.497 e. The van der Waals surface area contributed by atoms with Gasteiger partial charge in [-0.1, -0.05) is 48.5 Å². The van der Waals surface area contributed by atoms with Gasteiger partial charge in [-0.05, 0) is 56.8 Å². The Hall–Kier alpha value is -3.54. The SMILES string of the molecule is COc1cccc(CN(C(=O)COc2cccc3ccccc23)C(C)C(=O)NC(C)(C)C)c1. The molecule has 33 heavy (non-hydrogen) atoms. The van der Waals surface area contributed by atoms with Crippen LogP contribution < -0.4 is 14.8 Å². The molecule has 0 radical (unpaired) electrons. The molecule has 0 saturated heterocycles. The molecule has 1 unspecified atom stereocenters. The predicted molar refractivity (Wildman–Crippen MR) is 130 cm³/mol. The second-order valence-corrected chi connectivity index (χ2v) is 9.05. The summed E-state index contributed by atoms with van der Waals surface area (Å²) < 4.78 is 11.2. The van der Waals surface area contributed by atoms with Crippen LogP contribution in [0.2, 0.25) is 0 Å². The van der Waals surface area contributed by atoms with Crippen LogP contribution in [0.4, 0.5) is 0 Å². The van der Waals surface area contributed by atoms with Crippen LogP contribution in [0.15, 0.2) is 66.7 Å². The van der Waals surface area contributed by atoms with Gasteiger partial charge in [0.25, 0.3) is 5.91 Å². The van der Waals surface area contributed by atoms with Crippen molar-refractivity contribution in [2.75, 3.05) is 13.7 Å². The molecular weight excluding hydrogens is 416 g/mol. The lowest BCUT2D eigenvalue weighted by Gasteiger charge is -2.31. The number of carbonyl (C=O) groups excluding carboxylic acids is 2. The smallest absolute Gasteiger partial charge is 0.261 e. The number of methoxy groups -OCH3 is 1. The number of hydrogen-bond acceptors (Lipinski definition) is 4. The van der Waals surface area contributed by atoms with Crippen molar-refractivity contribution in [3.63, 3.8) is 0 Å². The zero-order valence-corrected chi connectivity index (χ0v) is 19.9. The van der Waals surface area contributed by atoms with Gasteiger partial charge in [-0.25, -0.2) is 0 Å². The van der Waals surface area contributed by atoms with Gasteiger partial charge in [0.1, 0.15) is 17.5 Å². The second kappa shape index (κ2) is 10.4. The number of benzene rings is 3. The molecule has 6 nitrogen and oxygen atoms in total. The maximum absolute atomic E-state index is 13.3. The van der Waals surface area contributed by atoms with E-state index in [1.807, 2.05) is 87.5 Å². The number of ether oxygens (including phenoxy) is 2. The van der Waals surface area contributed by atoms with Gasteiger partial charge >= 0.3 is 0 Å². The first-order valence-corrected chi connectivity index (χ1v) is 11.0. The van der Waals surface area contributed by atoms with E-state index in [2.05, 4.69) is 5.32 Å². The monoisotopic (exact) mass is 448 g/mol. The summed E-state index contributed by atoms with van der Waals surface area (Å²) in [7, 11) is 1.60. The van der Waals surface area contributed by atoms with Crippen molar-refractivity contribution in [3.8, 4) is 11.5 Å². The summed E-state index contributed by atoms with van der Waals surface area (Å²) in [6.45, 7) is 7.55. The van der Waals surface area contributed by atoms with E-state index in [4.69, 9.17) is 9.47 Å². The van der Waals surface area contributed by atoms with Crippen LogP contribution in [-0.2, 0) is 16.1 Å². The summed E-state index contributed by atoms with van der Waals surface area (Å²) >= 11 is 0. The molecule has 174 valence electrons. The van der Waals surface area contributed by atoms with Crippen molar-refractivity contribution in [3.05, 3.63) is 72.3 Å². The summed E-state index contributed by atoms with van der Waals surface area (Å²) in [5.41, 5.74) is 0.457. The zero-order chi connectivity index (χ0) is 24.0. The zero-order valence-electron chi connectivity index (χ0n) is 19.9. The van der Waals surface area contributed by atoms with E-state index in [9.17, 15) is 9.59 Å². The second-order valence-electron chi connectivity index (χ2n) is 9.05. The van der Waals surface area contributed by atoms with Gasteiger partial charge in [-0.3, -0.25) is 9.59 Å². The molecule has 2 amide bonds. The summed E-state index contributed by atoms with van der Waals surface area (Å²) in [6, 6.07) is 20.4. The first kappa shape index (κ1) is 24.1. The minimum atomic E-state index is -0.681. The number of rotatable bonds is 8. The van der Waals surface area contributed by atoms with Crippen LogP contribution in [0, 0.1) is 0 Å². The Bertz CT molecular complexity index is 1120. The molecule has 0 aliphatic heterocycles. The molecule has 0 saturated carbocycles. The first-order valence-electron chi connectivity index (χ1n) is 11.0. The highest BCUT2D eigenvalue weighted by Gasteiger charge is 2.28. The van der Waals surface area contributed by atoms with Crippen molar-refractivity contribution in [2.24, 2.45) is 0 Å². The standard InChI is InChI=1S/C27H32N2O4/c1-19(26(31)28-27(2,3)4)29(17-20-10-8-13-22(16-20)32-5)25(30)18-33-24-15-9-12-21-11-6-7-14-23(21)24/h6-16,19H,17-18H2,1-5H3,(H,28,31). The highest BCUT2D eigenvalue weighted by Crippen LogP contribution is 2.25. The van der Waals surface area contributed by atoms with Gasteiger partial charge in [0.15, 0.2) is 6.61 Å². The Kier molecular flexibility index (Phi) is 7.59. The molecule has 0 heterocycles. The number of nitrogens with zero attached hydrogens (tertiary/aromatic N) is 1. The summed E-state index contributed by atoms with van der Waals surface area (Å²) in [4.78, 5) is 27.8. The predicted octanol–water partition coefficient (Wildman–Crippen LogP) is 4.56. The molecule has 0 aromatic heterocycles. The van der Waals surface area contributed by atoms with Crippen molar-refractivity contribution < 1.29 is 19.1 Å². The lowest BCUT2D eigenvalue weighted by molar-refractivity contribution is -0.142. The topological polar surface area (TPSA) is 67.9 Å². The number of nitrogens with one attached hydrogen (secondary N) is 1. The van der Waals surface area contributed by atoms with Crippen LogP contribution in [-0.4, -0.2) is 42.0 Å². The molecule has 0 fully saturated rings. The van der Waals surface area contributed by atoms with E-state index in [1.54, 1.807) is 18.9 Å². The van der Waals surface area contributed by atoms with Crippen molar-refractivity contribution in [2.45, 2.75) is 45.8 Å². The van der Waals surface area contributed by atoms with Gasteiger partial charge in [-0.15, -0.1) is 0 Å². The fourth-order valence-electron chi connectivity index (χ4n) is 3.57. The molecular formula is C27H32N2O4. The maximum Gasteiger partial charge on any atom is 0.261 e.